The van der Waals surface area contributed by atoms with Crippen LogP contribution in [0.5, 0.6) is 0 Å². The molecule has 0 aromatic carbocycles. The Bertz CT molecular complexity index is 760. The maximum absolute atomic E-state index is 13.2. The second kappa shape index (κ2) is 9.20. The van der Waals surface area contributed by atoms with Crippen LogP contribution in [0.4, 0.5) is 0 Å². The number of carbonyl (C=O) groups excluding carboxylic acids is 1. The lowest BCUT2D eigenvalue weighted by molar-refractivity contribution is -0.0104. The molecule has 0 spiro atoms. The third-order valence-electron chi connectivity index (χ3n) is 6.93. The molecule has 4 rings (SSSR count). The number of hydrogen-bond donors (Lipinski definition) is 1. The largest absolute Gasteiger partial charge is 0.379 e. The summed E-state index contributed by atoms with van der Waals surface area (Å²) in [6.07, 6.45) is 6.98. The van der Waals surface area contributed by atoms with Crippen LogP contribution in [0.15, 0.2) is 12.7 Å². The first-order chi connectivity index (χ1) is 14.5. The Morgan fingerprint density at radius 3 is 2.70 bits per heavy atom. The molecule has 0 bridgehead atoms. The molecule has 3 heterocycles. The van der Waals surface area contributed by atoms with Crippen molar-refractivity contribution in [2.24, 2.45) is 0 Å². The van der Waals surface area contributed by atoms with Gasteiger partial charge in [-0.05, 0) is 46.0 Å². The number of carbonyl (C=O) groups is 1. The van der Waals surface area contributed by atoms with Crippen LogP contribution in [0.3, 0.4) is 0 Å². The number of morpholine rings is 1. The number of fused-ring (bicyclic) bond motifs is 1. The summed E-state index contributed by atoms with van der Waals surface area (Å²) in [4.78, 5) is 17.6. The predicted molar refractivity (Wildman–Crippen MR) is 118 cm³/mol. The normalized spacial score (nSPS) is 22.9. The van der Waals surface area contributed by atoms with Crippen molar-refractivity contribution in [2.75, 3.05) is 45.9 Å². The fourth-order valence-corrected chi connectivity index (χ4v) is 5.05. The second-order valence-electron chi connectivity index (χ2n) is 9.48. The SMILES string of the molecule is C=CCn1nc(C(=O)N2CCCC2)c2c1CCC(NCC(C)(C)N1CCOCC1)C2. The smallest absolute Gasteiger partial charge is 0.274 e. The molecular formula is C23H37N5O2. The Morgan fingerprint density at radius 2 is 2.00 bits per heavy atom. The first kappa shape index (κ1) is 21.5. The van der Waals surface area contributed by atoms with Gasteiger partial charge in [0.1, 0.15) is 0 Å². The van der Waals surface area contributed by atoms with Crippen LogP contribution in [0, 0.1) is 0 Å². The molecular weight excluding hydrogens is 378 g/mol. The molecule has 1 N–H and O–H groups in total. The van der Waals surface area contributed by atoms with Gasteiger partial charge in [-0.1, -0.05) is 6.08 Å². The second-order valence-corrected chi connectivity index (χ2v) is 9.48. The molecule has 2 fully saturated rings. The molecule has 1 aromatic rings. The number of ether oxygens (including phenoxy) is 1. The lowest BCUT2D eigenvalue weighted by Crippen LogP contribution is -2.56. The van der Waals surface area contributed by atoms with Crippen molar-refractivity contribution in [3.05, 3.63) is 29.6 Å². The van der Waals surface area contributed by atoms with Gasteiger partial charge in [-0.3, -0.25) is 14.4 Å². The van der Waals surface area contributed by atoms with Crippen molar-refractivity contribution in [3.8, 4) is 0 Å². The van der Waals surface area contributed by atoms with Gasteiger partial charge in [0.15, 0.2) is 5.69 Å². The molecule has 2 saturated heterocycles. The topological polar surface area (TPSA) is 62.6 Å². The zero-order chi connectivity index (χ0) is 21.1. The molecule has 3 aliphatic rings. The number of nitrogens with zero attached hydrogens (tertiary/aromatic N) is 4. The minimum Gasteiger partial charge on any atom is -0.379 e. The number of rotatable bonds is 7. The zero-order valence-corrected chi connectivity index (χ0v) is 18.7. The monoisotopic (exact) mass is 415 g/mol. The van der Waals surface area contributed by atoms with Crippen LogP contribution in [0.25, 0.3) is 0 Å². The van der Waals surface area contributed by atoms with Gasteiger partial charge >= 0.3 is 0 Å². The molecule has 0 radical (unpaired) electrons. The van der Waals surface area contributed by atoms with Crippen LogP contribution in [0.2, 0.25) is 0 Å². The van der Waals surface area contributed by atoms with E-state index in [1.165, 1.54) is 5.69 Å². The summed E-state index contributed by atoms with van der Waals surface area (Å²) in [6.45, 7) is 15.4. The molecule has 166 valence electrons. The Balaban J connectivity index is 1.46. The minimum absolute atomic E-state index is 0.0886. The van der Waals surface area contributed by atoms with Crippen molar-refractivity contribution in [1.29, 1.82) is 0 Å². The number of aromatic nitrogens is 2. The molecule has 2 aliphatic heterocycles. The fraction of sp³-hybridized carbons (Fsp3) is 0.739. The van der Waals surface area contributed by atoms with Gasteiger partial charge < -0.3 is 15.0 Å². The number of likely N-dealkylation sites (tertiary alicyclic amines) is 1. The summed E-state index contributed by atoms with van der Waals surface area (Å²) in [5.74, 6) is 0.112. The zero-order valence-electron chi connectivity index (χ0n) is 18.7. The third kappa shape index (κ3) is 4.48. The van der Waals surface area contributed by atoms with E-state index < -0.39 is 0 Å². The fourth-order valence-electron chi connectivity index (χ4n) is 5.05. The van der Waals surface area contributed by atoms with Gasteiger partial charge in [-0.2, -0.15) is 5.10 Å². The van der Waals surface area contributed by atoms with Crippen LogP contribution in [-0.2, 0) is 24.1 Å². The summed E-state index contributed by atoms with van der Waals surface area (Å²) in [7, 11) is 0. The highest BCUT2D eigenvalue weighted by molar-refractivity contribution is 5.94. The molecule has 30 heavy (non-hydrogen) atoms. The van der Waals surface area contributed by atoms with E-state index in [4.69, 9.17) is 9.84 Å². The third-order valence-corrected chi connectivity index (χ3v) is 6.93. The van der Waals surface area contributed by atoms with E-state index in [1.807, 2.05) is 15.7 Å². The Hall–Kier alpha value is -1.70. The molecule has 0 saturated carbocycles. The highest BCUT2D eigenvalue weighted by Gasteiger charge is 2.33. The standard InChI is InChI=1S/C23H37N5O2/c1-4-9-28-20-8-7-18(24-17-23(2,3)27-12-14-30-15-13-27)16-19(20)21(25-28)22(29)26-10-5-6-11-26/h4,18,24H,1,5-17H2,2-3H3. The molecule has 7 nitrogen and oxygen atoms in total. The van der Waals surface area contributed by atoms with Crippen molar-refractivity contribution >= 4 is 5.91 Å². The summed E-state index contributed by atoms with van der Waals surface area (Å²) in [5.41, 5.74) is 3.14. The molecule has 1 amide bonds. The lowest BCUT2D eigenvalue weighted by atomic mass is 9.90. The van der Waals surface area contributed by atoms with E-state index in [0.717, 1.165) is 83.6 Å². The summed E-state index contributed by atoms with van der Waals surface area (Å²) < 4.78 is 7.51. The van der Waals surface area contributed by atoms with Crippen molar-refractivity contribution in [2.45, 2.75) is 64.1 Å². The number of amides is 1. The summed E-state index contributed by atoms with van der Waals surface area (Å²) >= 11 is 0. The Labute approximate surface area is 180 Å². The van der Waals surface area contributed by atoms with Gasteiger partial charge in [0, 0.05) is 55.6 Å². The average Bonchev–Trinajstić information content (AvgIpc) is 3.41. The maximum Gasteiger partial charge on any atom is 0.274 e. The van der Waals surface area contributed by atoms with Gasteiger partial charge in [-0.25, -0.2) is 0 Å². The molecule has 1 unspecified atom stereocenters. The molecule has 1 aromatic heterocycles. The highest BCUT2D eigenvalue weighted by atomic mass is 16.5. The molecule has 1 aliphatic carbocycles. The number of hydrogen-bond acceptors (Lipinski definition) is 5. The van der Waals surface area contributed by atoms with Gasteiger partial charge in [0.2, 0.25) is 0 Å². The van der Waals surface area contributed by atoms with E-state index in [0.29, 0.717) is 18.3 Å². The van der Waals surface area contributed by atoms with E-state index in [-0.39, 0.29) is 11.4 Å². The van der Waals surface area contributed by atoms with Crippen LogP contribution >= 0.6 is 0 Å². The lowest BCUT2D eigenvalue weighted by Gasteiger charge is -2.42. The quantitative estimate of drug-likeness (QED) is 0.689. The Kier molecular flexibility index (Phi) is 6.60. The molecule has 7 heteroatoms. The molecule has 1 atom stereocenters. The van der Waals surface area contributed by atoms with E-state index >= 15 is 0 Å². The van der Waals surface area contributed by atoms with Crippen molar-refractivity contribution in [1.82, 2.24) is 24.9 Å². The summed E-state index contributed by atoms with van der Waals surface area (Å²) in [5, 5.41) is 8.56. The van der Waals surface area contributed by atoms with E-state index in [9.17, 15) is 4.79 Å². The van der Waals surface area contributed by atoms with Gasteiger partial charge in [0.05, 0.1) is 19.8 Å². The van der Waals surface area contributed by atoms with Gasteiger partial charge in [0.25, 0.3) is 5.91 Å². The number of nitrogens with one attached hydrogen (secondary N) is 1. The first-order valence-corrected chi connectivity index (χ1v) is 11.5. The van der Waals surface area contributed by atoms with Crippen molar-refractivity contribution in [3.63, 3.8) is 0 Å². The van der Waals surface area contributed by atoms with Crippen LogP contribution < -0.4 is 5.32 Å². The first-order valence-electron chi connectivity index (χ1n) is 11.5. The maximum atomic E-state index is 13.2. The van der Waals surface area contributed by atoms with E-state index in [1.54, 1.807) is 0 Å². The minimum atomic E-state index is 0.0886. The van der Waals surface area contributed by atoms with Crippen LogP contribution in [-0.4, -0.2) is 83.0 Å². The average molecular weight is 416 g/mol. The van der Waals surface area contributed by atoms with Gasteiger partial charge in [-0.15, -0.1) is 6.58 Å². The van der Waals surface area contributed by atoms with E-state index in [2.05, 4.69) is 30.6 Å². The highest BCUT2D eigenvalue weighted by Crippen LogP contribution is 2.27. The van der Waals surface area contributed by atoms with Crippen molar-refractivity contribution < 1.29 is 9.53 Å². The predicted octanol–water partition coefficient (Wildman–Crippen LogP) is 1.86. The number of allylic oxidation sites excluding steroid dienone is 1. The Morgan fingerprint density at radius 1 is 1.27 bits per heavy atom. The summed E-state index contributed by atoms with van der Waals surface area (Å²) in [6, 6.07) is 0.379. The van der Waals surface area contributed by atoms with Crippen LogP contribution in [0.1, 0.15) is 54.9 Å².